The molecule has 1 aromatic carbocycles. The molecule has 0 bridgehead atoms. The summed E-state index contributed by atoms with van der Waals surface area (Å²) < 4.78 is 20.9. The lowest BCUT2D eigenvalue weighted by atomic mass is 10.2. The van der Waals surface area contributed by atoms with Gasteiger partial charge in [-0.1, -0.05) is 12.1 Å². The molecule has 1 saturated heterocycles. The maximum atomic E-state index is 13.5. The lowest BCUT2D eigenvalue weighted by Crippen LogP contribution is -2.37. The molecule has 136 valence electrons. The van der Waals surface area contributed by atoms with E-state index in [1.54, 1.807) is 16.7 Å². The first-order valence-electron chi connectivity index (χ1n) is 8.79. The Morgan fingerprint density at radius 3 is 3.12 bits per heavy atom. The number of ether oxygens (including phenoxy) is 1. The van der Waals surface area contributed by atoms with E-state index < -0.39 is 0 Å². The number of rotatable bonds is 5. The highest BCUT2D eigenvalue weighted by atomic mass is 32.1. The standard InChI is InChI=1S/C19H20FN3O2S/c1-2-22(10-15-7-4-8-25-15)18(24)17-12-26-19-21-16(11-23(17)19)13-5-3-6-14(20)9-13/h3,5-6,9,11-12,15H,2,4,7-8,10H2,1H3. The molecule has 0 N–H and O–H groups in total. The molecule has 3 heterocycles. The van der Waals surface area contributed by atoms with Crippen molar-refractivity contribution in [3.8, 4) is 11.3 Å². The van der Waals surface area contributed by atoms with E-state index in [0.29, 0.717) is 30.0 Å². The maximum absolute atomic E-state index is 13.5. The van der Waals surface area contributed by atoms with Crippen molar-refractivity contribution in [2.75, 3.05) is 19.7 Å². The zero-order valence-electron chi connectivity index (χ0n) is 14.5. The monoisotopic (exact) mass is 373 g/mol. The second-order valence-electron chi connectivity index (χ2n) is 6.39. The number of imidazole rings is 1. The Morgan fingerprint density at radius 2 is 2.38 bits per heavy atom. The number of nitrogens with zero attached hydrogens (tertiary/aromatic N) is 3. The first-order valence-corrected chi connectivity index (χ1v) is 9.67. The highest BCUT2D eigenvalue weighted by Gasteiger charge is 2.24. The largest absolute Gasteiger partial charge is 0.376 e. The maximum Gasteiger partial charge on any atom is 0.271 e. The van der Waals surface area contributed by atoms with Crippen LogP contribution in [0.3, 0.4) is 0 Å². The molecule has 5 nitrogen and oxygen atoms in total. The second kappa shape index (κ2) is 7.17. The molecule has 2 aromatic heterocycles. The van der Waals surface area contributed by atoms with Crippen LogP contribution in [0.5, 0.6) is 0 Å². The van der Waals surface area contributed by atoms with Crippen LogP contribution in [0, 0.1) is 5.82 Å². The first kappa shape index (κ1) is 17.2. The first-order chi connectivity index (χ1) is 12.7. The summed E-state index contributed by atoms with van der Waals surface area (Å²) in [5, 5.41) is 1.83. The lowest BCUT2D eigenvalue weighted by molar-refractivity contribution is 0.0534. The van der Waals surface area contributed by atoms with Crippen LogP contribution in [0.1, 0.15) is 30.3 Å². The molecular formula is C19H20FN3O2S. The molecule has 0 saturated carbocycles. The number of hydrogen-bond acceptors (Lipinski definition) is 4. The van der Waals surface area contributed by atoms with Crippen molar-refractivity contribution in [3.63, 3.8) is 0 Å². The molecule has 1 unspecified atom stereocenters. The number of carbonyl (C=O) groups is 1. The van der Waals surface area contributed by atoms with Crippen LogP contribution < -0.4 is 0 Å². The normalized spacial score (nSPS) is 17.1. The number of hydrogen-bond donors (Lipinski definition) is 0. The fourth-order valence-corrected chi connectivity index (χ4v) is 4.12. The lowest BCUT2D eigenvalue weighted by Gasteiger charge is -2.23. The van der Waals surface area contributed by atoms with E-state index in [-0.39, 0.29) is 17.8 Å². The number of thiazole rings is 1. The van der Waals surface area contributed by atoms with Gasteiger partial charge in [0.05, 0.1) is 11.8 Å². The van der Waals surface area contributed by atoms with Crippen LogP contribution in [-0.2, 0) is 4.74 Å². The van der Waals surface area contributed by atoms with Gasteiger partial charge in [0.25, 0.3) is 5.91 Å². The zero-order chi connectivity index (χ0) is 18.1. The Kier molecular flexibility index (Phi) is 4.74. The smallest absolute Gasteiger partial charge is 0.271 e. The Morgan fingerprint density at radius 1 is 1.50 bits per heavy atom. The summed E-state index contributed by atoms with van der Waals surface area (Å²) in [6, 6.07) is 6.32. The molecule has 1 aliphatic rings. The molecular weight excluding hydrogens is 353 g/mol. The highest BCUT2D eigenvalue weighted by molar-refractivity contribution is 7.15. The summed E-state index contributed by atoms with van der Waals surface area (Å²) in [5.41, 5.74) is 1.94. The molecule has 4 rings (SSSR count). The highest BCUT2D eigenvalue weighted by Crippen LogP contribution is 2.25. The molecule has 0 radical (unpaired) electrons. The number of likely N-dealkylation sites (N-methyl/N-ethyl adjacent to an activating group) is 1. The van der Waals surface area contributed by atoms with Gasteiger partial charge in [-0.15, -0.1) is 11.3 Å². The quantitative estimate of drug-likeness (QED) is 0.683. The average molecular weight is 373 g/mol. The van der Waals surface area contributed by atoms with Gasteiger partial charge in [0.15, 0.2) is 4.96 Å². The predicted octanol–water partition coefficient (Wildman–Crippen LogP) is 3.84. The molecule has 1 amide bonds. The van der Waals surface area contributed by atoms with E-state index in [9.17, 15) is 9.18 Å². The Balaban J connectivity index is 1.62. The Hall–Kier alpha value is -2.25. The third-order valence-electron chi connectivity index (χ3n) is 4.67. The topological polar surface area (TPSA) is 46.8 Å². The van der Waals surface area contributed by atoms with Crippen molar-refractivity contribution in [2.45, 2.75) is 25.9 Å². The number of aromatic nitrogens is 2. The summed E-state index contributed by atoms with van der Waals surface area (Å²) in [6.07, 6.45) is 3.97. The van der Waals surface area contributed by atoms with Crippen LogP contribution in [0.15, 0.2) is 35.8 Å². The molecule has 1 aliphatic heterocycles. The van der Waals surface area contributed by atoms with Crippen LogP contribution in [-0.4, -0.2) is 46.0 Å². The number of amides is 1. The summed E-state index contributed by atoms with van der Waals surface area (Å²) >= 11 is 1.41. The molecule has 1 fully saturated rings. The van der Waals surface area contributed by atoms with Crippen molar-refractivity contribution in [1.29, 1.82) is 0 Å². The molecule has 0 aliphatic carbocycles. The molecule has 1 atom stereocenters. The van der Waals surface area contributed by atoms with E-state index in [0.717, 1.165) is 24.4 Å². The van der Waals surface area contributed by atoms with Crippen molar-refractivity contribution >= 4 is 22.2 Å². The Labute approximate surface area is 155 Å². The number of fused-ring (bicyclic) bond motifs is 1. The van der Waals surface area contributed by atoms with Crippen LogP contribution in [0.25, 0.3) is 16.2 Å². The van der Waals surface area contributed by atoms with E-state index in [2.05, 4.69) is 4.98 Å². The third-order valence-corrected chi connectivity index (χ3v) is 5.51. The van der Waals surface area contributed by atoms with Gasteiger partial charge >= 0.3 is 0 Å². The minimum absolute atomic E-state index is 0.0301. The van der Waals surface area contributed by atoms with Gasteiger partial charge in [-0.3, -0.25) is 9.20 Å². The molecule has 0 spiro atoms. The number of halogens is 1. The summed E-state index contributed by atoms with van der Waals surface area (Å²) in [5.74, 6) is -0.332. The number of carbonyl (C=O) groups excluding carboxylic acids is 1. The van der Waals surface area contributed by atoms with Gasteiger partial charge < -0.3 is 9.64 Å². The van der Waals surface area contributed by atoms with E-state index in [1.807, 2.05) is 23.3 Å². The van der Waals surface area contributed by atoms with Gasteiger partial charge in [0, 0.05) is 36.8 Å². The Bertz CT molecular complexity index is 930. The van der Waals surface area contributed by atoms with E-state index >= 15 is 0 Å². The van der Waals surface area contributed by atoms with Gasteiger partial charge in [-0.2, -0.15) is 0 Å². The third kappa shape index (κ3) is 3.24. The van der Waals surface area contributed by atoms with E-state index in [4.69, 9.17) is 4.74 Å². The van der Waals surface area contributed by atoms with Gasteiger partial charge in [0.2, 0.25) is 0 Å². The summed E-state index contributed by atoms with van der Waals surface area (Å²) in [4.78, 5) is 20.1. The van der Waals surface area contributed by atoms with Crippen LogP contribution in [0.4, 0.5) is 4.39 Å². The zero-order valence-corrected chi connectivity index (χ0v) is 15.3. The number of benzene rings is 1. The molecule has 3 aromatic rings. The fraction of sp³-hybridized carbons (Fsp3) is 0.368. The van der Waals surface area contributed by atoms with Crippen LogP contribution in [0.2, 0.25) is 0 Å². The van der Waals surface area contributed by atoms with Crippen molar-refractivity contribution in [1.82, 2.24) is 14.3 Å². The van der Waals surface area contributed by atoms with Crippen molar-refractivity contribution in [3.05, 3.63) is 47.4 Å². The van der Waals surface area contributed by atoms with Gasteiger partial charge in [0.1, 0.15) is 11.5 Å². The predicted molar refractivity (Wildman–Crippen MR) is 99.0 cm³/mol. The van der Waals surface area contributed by atoms with Crippen LogP contribution >= 0.6 is 11.3 Å². The van der Waals surface area contributed by atoms with E-state index in [1.165, 1.54) is 23.5 Å². The van der Waals surface area contributed by atoms with Gasteiger partial charge in [-0.25, -0.2) is 9.37 Å². The second-order valence-corrected chi connectivity index (χ2v) is 7.23. The minimum atomic E-state index is -0.302. The fourth-order valence-electron chi connectivity index (χ4n) is 3.28. The van der Waals surface area contributed by atoms with Gasteiger partial charge in [-0.05, 0) is 31.9 Å². The summed E-state index contributed by atoms with van der Waals surface area (Å²) in [6.45, 7) is 3.99. The molecule has 7 heteroatoms. The SMILES string of the molecule is CCN(CC1CCCO1)C(=O)c1csc2nc(-c3cccc(F)c3)cn12. The van der Waals surface area contributed by atoms with Crippen molar-refractivity contribution in [2.24, 2.45) is 0 Å². The molecule has 26 heavy (non-hydrogen) atoms. The average Bonchev–Trinajstić information content (AvgIpc) is 3.36. The summed E-state index contributed by atoms with van der Waals surface area (Å²) in [7, 11) is 0. The van der Waals surface area contributed by atoms with Crippen molar-refractivity contribution < 1.29 is 13.9 Å². The minimum Gasteiger partial charge on any atom is -0.376 e.